The van der Waals surface area contributed by atoms with Crippen molar-refractivity contribution in [2.75, 3.05) is 72.7 Å². The summed E-state index contributed by atoms with van der Waals surface area (Å²) in [4.78, 5) is 0. The molecular formula is C14H30O10. The Morgan fingerprint density at radius 3 is 1.12 bits per heavy atom. The summed E-state index contributed by atoms with van der Waals surface area (Å²) in [7, 11) is 0. The molecule has 0 atom stereocenters. The molecule has 0 rings (SSSR count). The van der Waals surface area contributed by atoms with E-state index in [1.807, 2.05) is 0 Å². The van der Waals surface area contributed by atoms with Gasteiger partial charge in [0.05, 0.1) is 83.5 Å². The zero-order chi connectivity index (χ0) is 18.7. The van der Waals surface area contributed by atoms with Gasteiger partial charge >= 0.3 is 0 Å². The zero-order valence-electron chi connectivity index (χ0n) is 13.7. The summed E-state index contributed by atoms with van der Waals surface area (Å²) in [6.45, 7) is -5.12. The molecule has 146 valence electrons. The molecule has 0 unspecified atom stereocenters. The second-order valence-corrected chi connectivity index (χ2v) is 6.32. The van der Waals surface area contributed by atoms with Crippen LogP contribution in [0.3, 0.4) is 0 Å². The van der Waals surface area contributed by atoms with E-state index in [4.69, 9.17) is 19.7 Å². The lowest BCUT2D eigenvalue weighted by molar-refractivity contribution is -0.142. The van der Waals surface area contributed by atoms with Crippen molar-refractivity contribution in [3.8, 4) is 0 Å². The summed E-state index contributed by atoms with van der Waals surface area (Å²) in [5, 5.41) is 74.2. The molecule has 0 aromatic rings. The Kier molecular flexibility index (Phi) is 11.1. The fourth-order valence-corrected chi connectivity index (χ4v) is 1.64. The van der Waals surface area contributed by atoms with Crippen molar-refractivity contribution >= 4 is 0 Å². The van der Waals surface area contributed by atoms with E-state index in [-0.39, 0.29) is 19.8 Å². The molecule has 8 N–H and O–H groups in total. The van der Waals surface area contributed by atoms with Gasteiger partial charge in [0, 0.05) is 0 Å². The standard InChI is InChI=1S/C14H30O10/c15-1-12(2-16,3-17)8-23-9-13(4-18,5-19)10-24-11-14(22,6-20)7-21/h15-22H,1-11H2. The largest absolute Gasteiger partial charge is 0.396 e. The van der Waals surface area contributed by atoms with E-state index in [9.17, 15) is 30.6 Å². The smallest absolute Gasteiger partial charge is 0.134 e. The molecule has 10 nitrogen and oxygen atoms in total. The van der Waals surface area contributed by atoms with Crippen molar-refractivity contribution < 1.29 is 50.3 Å². The van der Waals surface area contributed by atoms with Crippen LogP contribution in [0.25, 0.3) is 0 Å². The lowest BCUT2D eigenvalue weighted by atomic mass is 9.90. The fraction of sp³-hybridized carbons (Fsp3) is 1.00. The van der Waals surface area contributed by atoms with Crippen molar-refractivity contribution in [2.45, 2.75) is 5.60 Å². The van der Waals surface area contributed by atoms with Crippen LogP contribution in [0.5, 0.6) is 0 Å². The highest BCUT2D eigenvalue weighted by Crippen LogP contribution is 2.21. The number of hydrogen-bond acceptors (Lipinski definition) is 10. The lowest BCUT2D eigenvalue weighted by Crippen LogP contribution is -2.46. The predicted octanol–water partition coefficient (Wildman–Crippen LogP) is -4.33. The van der Waals surface area contributed by atoms with Gasteiger partial charge in [0.1, 0.15) is 5.60 Å². The van der Waals surface area contributed by atoms with E-state index >= 15 is 0 Å². The van der Waals surface area contributed by atoms with Crippen LogP contribution in [-0.2, 0) is 9.47 Å². The van der Waals surface area contributed by atoms with Crippen molar-refractivity contribution in [1.82, 2.24) is 0 Å². The van der Waals surface area contributed by atoms with Gasteiger partial charge < -0.3 is 50.3 Å². The number of aliphatic hydroxyl groups is 8. The third-order valence-corrected chi connectivity index (χ3v) is 3.86. The predicted molar refractivity (Wildman–Crippen MR) is 81.1 cm³/mol. The molecule has 0 aliphatic heterocycles. The lowest BCUT2D eigenvalue weighted by Gasteiger charge is -2.33. The van der Waals surface area contributed by atoms with Gasteiger partial charge in [0.2, 0.25) is 0 Å². The maximum absolute atomic E-state index is 9.68. The van der Waals surface area contributed by atoms with Gasteiger partial charge in [0.15, 0.2) is 0 Å². The highest BCUT2D eigenvalue weighted by molar-refractivity contribution is 4.82. The first-order chi connectivity index (χ1) is 11.3. The maximum Gasteiger partial charge on any atom is 0.134 e. The summed E-state index contributed by atoms with van der Waals surface area (Å²) < 4.78 is 10.5. The quantitative estimate of drug-likeness (QED) is 0.143. The molecule has 0 saturated heterocycles. The molecule has 0 aliphatic carbocycles. The second kappa shape index (κ2) is 11.3. The summed E-state index contributed by atoms with van der Waals surface area (Å²) >= 11 is 0. The van der Waals surface area contributed by atoms with E-state index in [1.54, 1.807) is 0 Å². The molecule has 0 radical (unpaired) electrons. The monoisotopic (exact) mass is 358 g/mol. The van der Waals surface area contributed by atoms with E-state index in [1.165, 1.54) is 0 Å². The summed E-state index contributed by atoms with van der Waals surface area (Å²) in [6, 6.07) is 0. The van der Waals surface area contributed by atoms with Gasteiger partial charge in [-0.05, 0) is 0 Å². The maximum atomic E-state index is 9.68. The minimum Gasteiger partial charge on any atom is -0.396 e. The van der Waals surface area contributed by atoms with Gasteiger partial charge in [-0.2, -0.15) is 0 Å². The van der Waals surface area contributed by atoms with Crippen LogP contribution in [0.2, 0.25) is 0 Å². The molecule has 0 bridgehead atoms. The SMILES string of the molecule is OCC(O)(CO)COCC(CO)(CO)COCC(CO)(CO)CO. The molecule has 0 aliphatic rings. The Bertz CT molecular complexity index is 304. The Hall–Kier alpha value is -0.400. The van der Waals surface area contributed by atoms with E-state index in [0.29, 0.717) is 0 Å². The number of aliphatic hydroxyl groups excluding tert-OH is 7. The van der Waals surface area contributed by atoms with Crippen LogP contribution in [-0.4, -0.2) is 119 Å². The minimum absolute atomic E-state index is 0.210. The molecule has 0 fully saturated rings. The Morgan fingerprint density at radius 2 is 0.792 bits per heavy atom. The topological polar surface area (TPSA) is 180 Å². The Labute approximate surface area is 140 Å². The van der Waals surface area contributed by atoms with E-state index in [0.717, 1.165) is 0 Å². The van der Waals surface area contributed by atoms with Crippen molar-refractivity contribution in [3.63, 3.8) is 0 Å². The average Bonchev–Trinajstić information content (AvgIpc) is 2.64. The average molecular weight is 358 g/mol. The molecule has 10 heteroatoms. The van der Waals surface area contributed by atoms with Crippen molar-refractivity contribution in [3.05, 3.63) is 0 Å². The summed E-state index contributed by atoms with van der Waals surface area (Å²) in [6.07, 6.45) is 0. The molecule has 0 aromatic carbocycles. The van der Waals surface area contributed by atoms with Crippen LogP contribution < -0.4 is 0 Å². The van der Waals surface area contributed by atoms with Gasteiger partial charge in [-0.15, -0.1) is 0 Å². The van der Waals surface area contributed by atoms with Crippen molar-refractivity contribution in [2.24, 2.45) is 10.8 Å². The normalized spacial score (nSPS) is 13.5. The summed E-state index contributed by atoms with van der Waals surface area (Å²) in [5.74, 6) is 0. The van der Waals surface area contributed by atoms with Gasteiger partial charge in [0.25, 0.3) is 0 Å². The molecule has 0 spiro atoms. The highest BCUT2D eigenvalue weighted by atomic mass is 16.5. The zero-order valence-corrected chi connectivity index (χ0v) is 13.7. The first kappa shape index (κ1) is 23.6. The van der Waals surface area contributed by atoms with E-state index in [2.05, 4.69) is 0 Å². The number of hydrogen-bond donors (Lipinski definition) is 8. The number of rotatable bonds is 15. The molecular weight excluding hydrogens is 328 g/mol. The second-order valence-electron chi connectivity index (χ2n) is 6.32. The first-order valence-corrected chi connectivity index (χ1v) is 7.48. The van der Waals surface area contributed by atoms with Crippen LogP contribution in [0.15, 0.2) is 0 Å². The minimum atomic E-state index is -1.84. The molecule has 0 saturated carbocycles. The van der Waals surface area contributed by atoms with E-state index < -0.39 is 69.3 Å². The van der Waals surface area contributed by atoms with Gasteiger partial charge in [-0.25, -0.2) is 0 Å². The molecule has 0 heterocycles. The molecule has 0 aromatic heterocycles. The Balaban J connectivity index is 4.60. The fourth-order valence-electron chi connectivity index (χ4n) is 1.64. The molecule has 0 amide bonds. The van der Waals surface area contributed by atoms with Crippen LogP contribution in [0.1, 0.15) is 0 Å². The first-order valence-electron chi connectivity index (χ1n) is 7.48. The Morgan fingerprint density at radius 1 is 0.458 bits per heavy atom. The third-order valence-electron chi connectivity index (χ3n) is 3.86. The van der Waals surface area contributed by atoms with Gasteiger partial charge in [-0.1, -0.05) is 0 Å². The molecule has 24 heavy (non-hydrogen) atoms. The van der Waals surface area contributed by atoms with Gasteiger partial charge in [-0.3, -0.25) is 0 Å². The third kappa shape index (κ3) is 6.84. The highest BCUT2D eigenvalue weighted by Gasteiger charge is 2.35. The number of ether oxygens (including phenoxy) is 2. The van der Waals surface area contributed by atoms with Crippen LogP contribution in [0, 0.1) is 10.8 Å². The summed E-state index contributed by atoms with van der Waals surface area (Å²) in [5.41, 5.74) is -4.32. The van der Waals surface area contributed by atoms with Crippen molar-refractivity contribution in [1.29, 1.82) is 0 Å². The van der Waals surface area contributed by atoms with Crippen LogP contribution >= 0.6 is 0 Å². The van der Waals surface area contributed by atoms with Crippen LogP contribution in [0.4, 0.5) is 0 Å².